The summed E-state index contributed by atoms with van der Waals surface area (Å²) >= 11 is 3.38. The van der Waals surface area contributed by atoms with Crippen LogP contribution in [0.15, 0.2) is 40.2 Å². The number of aromatic nitrogens is 1. The van der Waals surface area contributed by atoms with E-state index in [1.54, 1.807) is 23.1 Å². The molecule has 1 atom stereocenters. The standard InChI is InChI=1S/C15H20N2S2/c1-15(2,3)12-6-4-11(5-7-12)13(16)10-19-14-17-8-9-18-14/h4-9,13H,10,16H2,1-3H3. The van der Waals surface area contributed by atoms with Gasteiger partial charge < -0.3 is 5.73 Å². The molecule has 2 aromatic rings. The molecule has 1 heterocycles. The van der Waals surface area contributed by atoms with E-state index in [0.717, 1.165) is 10.1 Å². The number of thiazole rings is 1. The molecule has 0 fully saturated rings. The molecule has 4 heteroatoms. The van der Waals surface area contributed by atoms with Crippen molar-refractivity contribution in [2.45, 2.75) is 36.6 Å². The van der Waals surface area contributed by atoms with Crippen molar-refractivity contribution in [3.05, 3.63) is 47.0 Å². The second-order valence-corrected chi connectivity index (χ2v) is 7.75. The summed E-state index contributed by atoms with van der Waals surface area (Å²) in [4.78, 5) is 4.25. The lowest BCUT2D eigenvalue weighted by Gasteiger charge is -2.20. The Bertz CT molecular complexity index is 498. The molecule has 2 N–H and O–H groups in total. The first-order valence-corrected chi connectivity index (χ1v) is 8.21. The SMILES string of the molecule is CC(C)(C)c1ccc(C(N)CSc2nccs2)cc1. The average Bonchev–Trinajstić information content (AvgIpc) is 2.88. The van der Waals surface area contributed by atoms with Crippen molar-refractivity contribution in [3.63, 3.8) is 0 Å². The normalized spacial score (nSPS) is 13.5. The monoisotopic (exact) mass is 292 g/mol. The fraction of sp³-hybridized carbons (Fsp3) is 0.400. The number of nitrogens with two attached hydrogens (primary N) is 1. The highest BCUT2D eigenvalue weighted by molar-refractivity contribution is 8.01. The van der Waals surface area contributed by atoms with Crippen LogP contribution in [0.4, 0.5) is 0 Å². The molecule has 1 unspecified atom stereocenters. The first-order chi connectivity index (χ1) is 8.97. The van der Waals surface area contributed by atoms with Crippen molar-refractivity contribution < 1.29 is 0 Å². The molecule has 0 bridgehead atoms. The second kappa shape index (κ2) is 6.07. The van der Waals surface area contributed by atoms with Crippen LogP contribution in [-0.2, 0) is 5.41 Å². The Morgan fingerprint density at radius 3 is 2.47 bits per heavy atom. The molecule has 19 heavy (non-hydrogen) atoms. The number of hydrogen-bond acceptors (Lipinski definition) is 4. The topological polar surface area (TPSA) is 38.9 Å². The maximum Gasteiger partial charge on any atom is 0.149 e. The molecule has 1 aromatic heterocycles. The number of benzene rings is 1. The van der Waals surface area contributed by atoms with E-state index >= 15 is 0 Å². The third-order valence-electron chi connectivity index (χ3n) is 3.00. The van der Waals surface area contributed by atoms with Crippen LogP contribution in [-0.4, -0.2) is 10.7 Å². The minimum atomic E-state index is 0.0583. The molecule has 0 saturated heterocycles. The lowest BCUT2D eigenvalue weighted by Crippen LogP contribution is -2.15. The summed E-state index contributed by atoms with van der Waals surface area (Å²) in [5.74, 6) is 0.863. The van der Waals surface area contributed by atoms with E-state index in [1.165, 1.54) is 11.1 Å². The highest BCUT2D eigenvalue weighted by Gasteiger charge is 2.14. The van der Waals surface area contributed by atoms with Gasteiger partial charge >= 0.3 is 0 Å². The summed E-state index contributed by atoms with van der Waals surface area (Å²) in [6.45, 7) is 6.67. The second-order valence-electron chi connectivity index (χ2n) is 5.59. The van der Waals surface area contributed by atoms with Crippen LogP contribution in [0.25, 0.3) is 0 Å². The molecule has 0 saturated carbocycles. The largest absolute Gasteiger partial charge is 0.323 e. The van der Waals surface area contributed by atoms with Crippen molar-refractivity contribution in [1.82, 2.24) is 4.98 Å². The van der Waals surface area contributed by atoms with E-state index in [4.69, 9.17) is 5.73 Å². The van der Waals surface area contributed by atoms with Gasteiger partial charge in [0.2, 0.25) is 0 Å². The molecule has 0 aliphatic rings. The smallest absolute Gasteiger partial charge is 0.149 e. The Kier molecular flexibility index (Phi) is 4.66. The van der Waals surface area contributed by atoms with E-state index in [0.29, 0.717) is 0 Å². The third-order valence-corrected chi connectivity index (χ3v) is 5.09. The minimum Gasteiger partial charge on any atom is -0.323 e. The summed E-state index contributed by atoms with van der Waals surface area (Å²) in [7, 11) is 0. The van der Waals surface area contributed by atoms with Crippen LogP contribution < -0.4 is 5.73 Å². The zero-order valence-corrected chi connectivity index (χ0v) is 13.2. The van der Waals surface area contributed by atoms with Gasteiger partial charge in [-0.15, -0.1) is 11.3 Å². The predicted octanol–water partition coefficient (Wildman–Crippen LogP) is 4.23. The highest BCUT2D eigenvalue weighted by atomic mass is 32.2. The molecule has 0 aliphatic carbocycles. The van der Waals surface area contributed by atoms with Crippen LogP contribution in [0, 0.1) is 0 Å². The van der Waals surface area contributed by atoms with Gasteiger partial charge in [0.05, 0.1) is 0 Å². The first kappa shape index (κ1) is 14.6. The van der Waals surface area contributed by atoms with Crippen molar-refractivity contribution in [1.29, 1.82) is 0 Å². The van der Waals surface area contributed by atoms with Gasteiger partial charge in [0, 0.05) is 23.4 Å². The van der Waals surface area contributed by atoms with Crippen molar-refractivity contribution in [3.8, 4) is 0 Å². The summed E-state index contributed by atoms with van der Waals surface area (Å²) in [5, 5.41) is 1.99. The molecule has 0 spiro atoms. The number of rotatable bonds is 4. The Morgan fingerprint density at radius 2 is 1.95 bits per heavy atom. The highest BCUT2D eigenvalue weighted by Crippen LogP contribution is 2.27. The van der Waals surface area contributed by atoms with E-state index in [-0.39, 0.29) is 11.5 Å². The summed E-state index contributed by atoms with van der Waals surface area (Å²) in [6.07, 6.45) is 1.83. The average molecular weight is 292 g/mol. The third kappa shape index (κ3) is 4.06. The number of thioether (sulfide) groups is 1. The molecule has 0 aliphatic heterocycles. The quantitative estimate of drug-likeness (QED) is 0.857. The van der Waals surface area contributed by atoms with E-state index in [2.05, 4.69) is 50.0 Å². The summed E-state index contributed by atoms with van der Waals surface area (Å²) in [5.41, 5.74) is 8.95. The number of hydrogen-bond donors (Lipinski definition) is 1. The molecule has 2 rings (SSSR count). The van der Waals surface area contributed by atoms with Crippen molar-refractivity contribution >= 4 is 23.1 Å². The summed E-state index contributed by atoms with van der Waals surface area (Å²) in [6, 6.07) is 8.72. The predicted molar refractivity (Wildman–Crippen MR) is 84.9 cm³/mol. The molecular weight excluding hydrogens is 272 g/mol. The minimum absolute atomic E-state index is 0.0583. The maximum atomic E-state index is 6.23. The Hall–Kier alpha value is -0.840. The van der Waals surface area contributed by atoms with E-state index < -0.39 is 0 Å². The molecule has 2 nitrogen and oxygen atoms in total. The Labute approximate surface area is 123 Å². The summed E-state index contributed by atoms with van der Waals surface area (Å²) < 4.78 is 1.08. The van der Waals surface area contributed by atoms with Gasteiger partial charge in [-0.3, -0.25) is 0 Å². The lowest BCUT2D eigenvalue weighted by atomic mass is 9.86. The Morgan fingerprint density at radius 1 is 1.26 bits per heavy atom. The first-order valence-electron chi connectivity index (χ1n) is 6.35. The molecular formula is C15H20N2S2. The van der Waals surface area contributed by atoms with E-state index in [9.17, 15) is 0 Å². The molecule has 0 amide bonds. The van der Waals surface area contributed by atoms with Crippen molar-refractivity contribution in [2.24, 2.45) is 5.73 Å². The van der Waals surface area contributed by atoms with Crippen LogP contribution in [0.5, 0.6) is 0 Å². The molecule has 102 valence electrons. The van der Waals surface area contributed by atoms with Gasteiger partial charge in [0.1, 0.15) is 4.34 Å². The zero-order chi connectivity index (χ0) is 13.9. The lowest BCUT2D eigenvalue weighted by molar-refractivity contribution is 0.589. The van der Waals surface area contributed by atoms with E-state index in [1.807, 2.05) is 11.6 Å². The van der Waals surface area contributed by atoms with Gasteiger partial charge in [0.25, 0.3) is 0 Å². The van der Waals surface area contributed by atoms with Gasteiger partial charge in [-0.2, -0.15) is 0 Å². The van der Waals surface area contributed by atoms with Crippen molar-refractivity contribution in [2.75, 3.05) is 5.75 Å². The van der Waals surface area contributed by atoms with Crippen LogP contribution in [0.1, 0.15) is 37.9 Å². The molecule has 1 aromatic carbocycles. The van der Waals surface area contributed by atoms with Gasteiger partial charge in [-0.05, 0) is 16.5 Å². The molecule has 0 radical (unpaired) electrons. The van der Waals surface area contributed by atoms with Gasteiger partial charge in [0.15, 0.2) is 0 Å². The number of nitrogens with zero attached hydrogens (tertiary/aromatic N) is 1. The fourth-order valence-corrected chi connectivity index (χ4v) is 3.42. The van der Waals surface area contributed by atoms with Crippen LogP contribution in [0.3, 0.4) is 0 Å². The fourth-order valence-electron chi connectivity index (χ4n) is 1.77. The van der Waals surface area contributed by atoms with Crippen LogP contribution >= 0.6 is 23.1 Å². The Balaban J connectivity index is 1.97. The van der Waals surface area contributed by atoms with Gasteiger partial charge in [-0.1, -0.05) is 56.8 Å². The zero-order valence-electron chi connectivity index (χ0n) is 11.6. The maximum absolute atomic E-state index is 6.23. The van der Waals surface area contributed by atoms with Crippen LogP contribution in [0.2, 0.25) is 0 Å². The van der Waals surface area contributed by atoms with Gasteiger partial charge in [-0.25, -0.2) is 4.98 Å².